The summed E-state index contributed by atoms with van der Waals surface area (Å²) in [5.41, 5.74) is 2.99. The highest BCUT2D eigenvalue weighted by Crippen LogP contribution is 2.26. The smallest absolute Gasteiger partial charge is 0.310 e. The molecule has 2 N–H and O–H groups in total. The lowest BCUT2D eigenvalue weighted by atomic mass is 9.95. The normalized spacial score (nSPS) is 12.9. The van der Waals surface area contributed by atoms with Crippen LogP contribution in [0.2, 0.25) is 0 Å². The van der Waals surface area contributed by atoms with Crippen LogP contribution in [0.3, 0.4) is 0 Å². The average Bonchev–Trinajstić information content (AvgIpc) is 2.64. The van der Waals surface area contributed by atoms with Crippen molar-refractivity contribution in [3.63, 3.8) is 0 Å². The fraction of sp³-hybridized carbons (Fsp3) is 0.300. The number of aryl methyl sites for hydroxylation is 1. The molecule has 0 saturated heterocycles. The number of nitrogens with zero attached hydrogens (tertiary/aromatic N) is 2. The van der Waals surface area contributed by atoms with Crippen LogP contribution in [-0.4, -0.2) is 26.5 Å². The second-order valence-corrected chi connectivity index (χ2v) is 3.55. The van der Waals surface area contributed by atoms with Gasteiger partial charge < -0.3 is 5.11 Å². The van der Waals surface area contributed by atoms with Gasteiger partial charge in [-0.05, 0) is 31.0 Å². The lowest BCUT2D eigenvalue weighted by molar-refractivity contribution is -0.138. The highest BCUT2D eigenvalue weighted by atomic mass is 16.4. The molecule has 2 aromatic rings. The summed E-state index contributed by atoms with van der Waals surface area (Å²) < 4.78 is 0. The van der Waals surface area contributed by atoms with Gasteiger partial charge in [-0.2, -0.15) is 15.4 Å². The fourth-order valence-corrected chi connectivity index (χ4v) is 1.70. The molecule has 0 fully saturated rings. The van der Waals surface area contributed by atoms with E-state index >= 15 is 0 Å². The molecule has 1 unspecified atom stereocenters. The van der Waals surface area contributed by atoms with Crippen LogP contribution >= 0.6 is 0 Å². The molecule has 0 bridgehead atoms. The number of carbonyl (C=O) groups is 1. The number of carboxylic acid groups (broad SMARTS) is 1. The first-order chi connectivity index (χ1) is 7.11. The van der Waals surface area contributed by atoms with Gasteiger partial charge in [-0.15, -0.1) is 0 Å². The molecule has 0 saturated carbocycles. The lowest BCUT2D eigenvalue weighted by Gasteiger charge is -2.09. The van der Waals surface area contributed by atoms with Crippen LogP contribution in [0.15, 0.2) is 12.1 Å². The van der Waals surface area contributed by atoms with Crippen LogP contribution < -0.4 is 0 Å². The minimum Gasteiger partial charge on any atom is -0.481 e. The summed E-state index contributed by atoms with van der Waals surface area (Å²) in [6.45, 7) is 3.53. The first-order valence-electron chi connectivity index (χ1n) is 4.64. The van der Waals surface area contributed by atoms with Crippen LogP contribution in [-0.2, 0) is 4.79 Å². The Labute approximate surface area is 86.1 Å². The molecule has 15 heavy (non-hydrogen) atoms. The largest absolute Gasteiger partial charge is 0.481 e. The summed E-state index contributed by atoms with van der Waals surface area (Å²) in [6.07, 6.45) is 0. The molecule has 0 aliphatic heterocycles. The molecule has 0 amide bonds. The van der Waals surface area contributed by atoms with E-state index in [-0.39, 0.29) is 0 Å². The molecule has 5 heteroatoms. The monoisotopic (exact) mass is 205 g/mol. The number of hydrogen-bond acceptors (Lipinski definition) is 3. The van der Waals surface area contributed by atoms with Crippen molar-refractivity contribution >= 4 is 17.0 Å². The van der Waals surface area contributed by atoms with Crippen molar-refractivity contribution < 1.29 is 9.90 Å². The number of rotatable bonds is 2. The maximum atomic E-state index is 11.0. The van der Waals surface area contributed by atoms with Crippen LogP contribution in [0.1, 0.15) is 24.0 Å². The van der Waals surface area contributed by atoms with Crippen molar-refractivity contribution in [2.75, 3.05) is 0 Å². The van der Waals surface area contributed by atoms with Gasteiger partial charge in [0.15, 0.2) is 0 Å². The number of benzene rings is 1. The highest BCUT2D eigenvalue weighted by molar-refractivity contribution is 5.86. The second-order valence-electron chi connectivity index (χ2n) is 3.55. The lowest BCUT2D eigenvalue weighted by Crippen LogP contribution is -2.09. The van der Waals surface area contributed by atoms with E-state index in [0.717, 1.165) is 11.1 Å². The van der Waals surface area contributed by atoms with Crippen molar-refractivity contribution in [1.29, 1.82) is 0 Å². The molecule has 0 spiro atoms. The number of nitrogens with one attached hydrogen (secondary N) is 1. The molecule has 1 atom stereocenters. The van der Waals surface area contributed by atoms with Crippen molar-refractivity contribution in [1.82, 2.24) is 15.4 Å². The number of aliphatic carboxylic acids is 1. The summed E-state index contributed by atoms with van der Waals surface area (Å²) in [6, 6.07) is 3.69. The molecule has 2 rings (SSSR count). The van der Waals surface area contributed by atoms with Gasteiger partial charge in [0.05, 0.1) is 5.92 Å². The van der Waals surface area contributed by atoms with E-state index in [2.05, 4.69) is 15.4 Å². The van der Waals surface area contributed by atoms with Crippen molar-refractivity contribution in [3.05, 3.63) is 23.3 Å². The maximum Gasteiger partial charge on any atom is 0.310 e. The van der Waals surface area contributed by atoms with Gasteiger partial charge in [-0.3, -0.25) is 4.79 Å². The minimum atomic E-state index is -0.853. The van der Waals surface area contributed by atoms with Crippen LogP contribution in [0.25, 0.3) is 11.0 Å². The second kappa shape index (κ2) is 3.34. The van der Waals surface area contributed by atoms with E-state index in [1.165, 1.54) is 0 Å². The Balaban J connectivity index is 2.71. The third kappa shape index (κ3) is 1.45. The first-order valence-corrected chi connectivity index (χ1v) is 4.64. The zero-order valence-electron chi connectivity index (χ0n) is 8.48. The van der Waals surface area contributed by atoms with Gasteiger partial charge in [0.1, 0.15) is 11.0 Å². The van der Waals surface area contributed by atoms with E-state index in [9.17, 15) is 4.79 Å². The van der Waals surface area contributed by atoms with Crippen molar-refractivity contribution in [3.8, 4) is 0 Å². The summed E-state index contributed by atoms with van der Waals surface area (Å²) >= 11 is 0. The number of aromatic nitrogens is 3. The van der Waals surface area contributed by atoms with Gasteiger partial charge in [0.25, 0.3) is 0 Å². The molecule has 1 aromatic heterocycles. The van der Waals surface area contributed by atoms with Crippen LogP contribution in [0, 0.1) is 6.92 Å². The zero-order chi connectivity index (χ0) is 11.0. The highest BCUT2D eigenvalue weighted by Gasteiger charge is 2.20. The Morgan fingerprint density at radius 3 is 2.87 bits per heavy atom. The SMILES string of the molecule is Cc1ccc2n[nH]nc2c1C(C)C(=O)O. The Morgan fingerprint density at radius 1 is 1.47 bits per heavy atom. The standard InChI is InChI=1S/C10H11N3O2/c1-5-3-4-7-9(12-13-11-7)8(5)6(2)10(14)15/h3-4,6H,1-2H3,(H,14,15)(H,11,12,13). The summed E-state index contributed by atoms with van der Waals surface area (Å²) in [5, 5.41) is 19.4. The Hall–Kier alpha value is -1.91. The summed E-state index contributed by atoms with van der Waals surface area (Å²) in [5.74, 6) is -1.42. The van der Waals surface area contributed by atoms with E-state index in [4.69, 9.17) is 5.11 Å². The minimum absolute atomic E-state index is 0.571. The third-order valence-corrected chi connectivity index (χ3v) is 2.55. The molecule has 5 nitrogen and oxygen atoms in total. The average molecular weight is 205 g/mol. The molecular weight excluding hydrogens is 194 g/mol. The molecule has 78 valence electrons. The summed E-state index contributed by atoms with van der Waals surface area (Å²) in [7, 11) is 0. The molecule has 1 aromatic carbocycles. The zero-order valence-corrected chi connectivity index (χ0v) is 8.48. The quantitative estimate of drug-likeness (QED) is 0.777. The molecule has 1 heterocycles. The van der Waals surface area contributed by atoms with E-state index in [0.29, 0.717) is 11.0 Å². The number of fused-ring (bicyclic) bond motifs is 1. The van der Waals surface area contributed by atoms with Gasteiger partial charge in [-0.1, -0.05) is 6.07 Å². The molecule has 0 aliphatic carbocycles. The Kier molecular flexibility index (Phi) is 2.15. The third-order valence-electron chi connectivity index (χ3n) is 2.55. The van der Waals surface area contributed by atoms with E-state index in [1.807, 2.05) is 19.1 Å². The van der Waals surface area contributed by atoms with Crippen LogP contribution in [0.4, 0.5) is 0 Å². The molecule has 0 radical (unpaired) electrons. The van der Waals surface area contributed by atoms with Gasteiger partial charge >= 0.3 is 5.97 Å². The number of hydrogen-bond donors (Lipinski definition) is 2. The molecule has 0 aliphatic rings. The first kappa shape index (κ1) is 9.64. The van der Waals surface area contributed by atoms with E-state index in [1.54, 1.807) is 6.92 Å². The van der Waals surface area contributed by atoms with Crippen molar-refractivity contribution in [2.24, 2.45) is 0 Å². The number of H-pyrrole nitrogens is 1. The van der Waals surface area contributed by atoms with Crippen LogP contribution in [0.5, 0.6) is 0 Å². The number of carboxylic acids is 1. The van der Waals surface area contributed by atoms with Gasteiger partial charge in [-0.25, -0.2) is 0 Å². The van der Waals surface area contributed by atoms with Gasteiger partial charge in [0, 0.05) is 0 Å². The Morgan fingerprint density at radius 2 is 2.20 bits per heavy atom. The summed E-state index contributed by atoms with van der Waals surface area (Å²) in [4.78, 5) is 11.0. The topological polar surface area (TPSA) is 78.9 Å². The maximum absolute atomic E-state index is 11.0. The van der Waals surface area contributed by atoms with Gasteiger partial charge in [0.2, 0.25) is 0 Å². The number of aromatic amines is 1. The fourth-order valence-electron chi connectivity index (χ4n) is 1.70. The van der Waals surface area contributed by atoms with Crippen molar-refractivity contribution in [2.45, 2.75) is 19.8 Å². The van der Waals surface area contributed by atoms with E-state index < -0.39 is 11.9 Å². The predicted octanol–water partition coefficient (Wildman–Crippen LogP) is 1.45. The predicted molar refractivity (Wildman–Crippen MR) is 54.7 cm³/mol. The molecular formula is C10H11N3O2. The Bertz CT molecular complexity index is 518.